The van der Waals surface area contributed by atoms with Gasteiger partial charge in [-0.25, -0.2) is 9.07 Å². The van der Waals surface area contributed by atoms with Crippen molar-refractivity contribution in [1.29, 1.82) is 0 Å². The second-order valence-electron chi connectivity index (χ2n) is 5.42. The van der Waals surface area contributed by atoms with Gasteiger partial charge in [0.2, 0.25) is 11.1 Å². The number of nitrogens with one attached hydrogen (secondary N) is 1. The van der Waals surface area contributed by atoms with Crippen LogP contribution in [0.25, 0.3) is 11.4 Å². The lowest BCUT2D eigenvalue weighted by Gasteiger charge is -2.12. The largest absolute Gasteiger partial charge is 0.335 e. The first-order chi connectivity index (χ1) is 12.5. The number of hydrogen-bond donors (Lipinski definition) is 2. The lowest BCUT2D eigenvalue weighted by molar-refractivity contribution is -0.115. The Bertz CT molecular complexity index is 948. The number of nitrogens with zero attached hydrogens (tertiary/aromatic N) is 3. The summed E-state index contributed by atoms with van der Waals surface area (Å²) in [5.41, 5.74) is 0.835. The smallest absolute Gasteiger partial charge is 0.237 e. The number of para-hydroxylation sites is 1. The minimum Gasteiger partial charge on any atom is -0.335 e. The molecule has 3 rings (SSSR count). The number of nitrogens with two attached hydrogens (primary N) is 1. The van der Waals surface area contributed by atoms with Crippen LogP contribution >= 0.6 is 23.4 Å². The molecular formula is C17H15ClFN5OS. The predicted octanol–water partition coefficient (Wildman–Crippen LogP) is 3.57. The second kappa shape index (κ2) is 7.76. The van der Waals surface area contributed by atoms with Crippen LogP contribution in [0.5, 0.6) is 0 Å². The number of carbonyl (C=O) groups excluding carboxylic acids is 1. The summed E-state index contributed by atoms with van der Waals surface area (Å²) in [5, 5.41) is 11.0. The fourth-order valence-electron chi connectivity index (χ4n) is 2.19. The van der Waals surface area contributed by atoms with Gasteiger partial charge >= 0.3 is 0 Å². The molecule has 3 aromatic rings. The molecule has 1 heterocycles. The minimum atomic E-state index is -0.562. The van der Waals surface area contributed by atoms with Crippen molar-refractivity contribution in [2.24, 2.45) is 0 Å². The van der Waals surface area contributed by atoms with Gasteiger partial charge in [0.05, 0.1) is 10.9 Å². The highest BCUT2D eigenvalue weighted by molar-refractivity contribution is 8.00. The van der Waals surface area contributed by atoms with Crippen LogP contribution in [0.3, 0.4) is 0 Å². The van der Waals surface area contributed by atoms with E-state index in [1.807, 2.05) is 6.07 Å². The fourth-order valence-corrected chi connectivity index (χ4v) is 3.15. The van der Waals surface area contributed by atoms with Crippen LogP contribution in [0, 0.1) is 5.82 Å². The third-order valence-electron chi connectivity index (χ3n) is 3.53. The first-order valence-corrected chi connectivity index (χ1v) is 8.90. The first-order valence-electron chi connectivity index (χ1n) is 7.64. The monoisotopic (exact) mass is 391 g/mol. The molecule has 0 radical (unpaired) electrons. The van der Waals surface area contributed by atoms with E-state index in [9.17, 15) is 9.18 Å². The lowest BCUT2D eigenvalue weighted by atomic mass is 10.2. The van der Waals surface area contributed by atoms with Crippen molar-refractivity contribution < 1.29 is 9.18 Å². The number of thioether (sulfide) groups is 1. The van der Waals surface area contributed by atoms with Crippen molar-refractivity contribution >= 4 is 35.0 Å². The van der Waals surface area contributed by atoms with Gasteiger partial charge in [-0.15, -0.1) is 10.2 Å². The Morgan fingerprint density at radius 1 is 1.27 bits per heavy atom. The molecule has 0 fully saturated rings. The molecule has 1 aromatic heterocycles. The van der Waals surface area contributed by atoms with Crippen molar-refractivity contribution in [1.82, 2.24) is 14.9 Å². The Morgan fingerprint density at radius 3 is 2.77 bits per heavy atom. The van der Waals surface area contributed by atoms with Crippen LogP contribution < -0.4 is 11.2 Å². The Morgan fingerprint density at radius 2 is 2.04 bits per heavy atom. The number of amides is 1. The molecule has 2 aromatic carbocycles. The van der Waals surface area contributed by atoms with Crippen molar-refractivity contribution in [3.63, 3.8) is 0 Å². The van der Waals surface area contributed by atoms with Gasteiger partial charge in [0.15, 0.2) is 5.82 Å². The van der Waals surface area contributed by atoms with Crippen molar-refractivity contribution in [3.05, 3.63) is 59.4 Å². The number of carbonyl (C=O) groups is 1. The Hall–Kier alpha value is -2.58. The molecule has 0 aliphatic carbocycles. The van der Waals surface area contributed by atoms with Crippen LogP contribution in [0.2, 0.25) is 5.02 Å². The zero-order valence-electron chi connectivity index (χ0n) is 13.7. The summed E-state index contributed by atoms with van der Waals surface area (Å²) >= 11 is 7.10. The number of halogens is 2. The second-order valence-corrected chi connectivity index (χ2v) is 7.16. The predicted molar refractivity (Wildman–Crippen MR) is 101 cm³/mol. The third-order valence-corrected chi connectivity index (χ3v) is 4.82. The minimum absolute atomic E-state index is 0.124. The molecular weight excluding hydrogens is 377 g/mol. The highest BCUT2D eigenvalue weighted by Crippen LogP contribution is 2.26. The fraction of sp³-hybridized carbons (Fsp3) is 0.118. The maximum atomic E-state index is 13.6. The Labute approximate surface area is 158 Å². The van der Waals surface area contributed by atoms with Crippen molar-refractivity contribution in [2.45, 2.75) is 17.3 Å². The summed E-state index contributed by atoms with van der Waals surface area (Å²) in [6.07, 6.45) is 0. The summed E-state index contributed by atoms with van der Waals surface area (Å²) in [6.45, 7) is 1.68. The molecule has 134 valence electrons. The topological polar surface area (TPSA) is 85.8 Å². The summed E-state index contributed by atoms with van der Waals surface area (Å²) in [5.74, 6) is 5.61. The molecule has 6 nitrogen and oxygen atoms in total. The van der Waals surface area contributed by atoms with Gasteiger partial charge in [-0.05, 0) is 31.2 Å². The van der Waals surface area contributed by atoms with Gasteiger partial charge in [-0.2, -0.15) is 0 Å². The molecule has 9 heteroatoms. The summed E-state index contributed by atoms with van der Waals surface area (Å²) < 4.78 is 14.9. The standard InChI is InChI=1S/C17H15ClFN5OS/c1-10(16(25)21-14-8-3-2-7-13(14)19)26-17-23-22-15(24(17)20)11-5-4-6-12(18)9-11/h2-10H,20H2,1H3,(H,21,25)/t10-/m1/s1. The van der Waals surface area contributed by atoms with Crippen LogP contribution in [0.15, 0.2) is 53.7 Å². The highest BCUT2D eigenvalue weighted by Gasteiger charge is 2.20. The maximum absolute atomic E-state index is 13.6. The summed E-state index contributed by atoms with van der Waals surface area (Å²) in [6, 6.07) is 13.0. The number of anilines is 1. The van der Waals surface area contributed by atoms with Gasteiger partial charge in [-0.3, -0.25) is 4.79 Å². The zero-order valence-corrected chi connectivity index (χ0v) is 15.3. The van der Waals surface area contributed by atoms with E-state index in [0.717, 1.165) is 11.8 Å². The molecule has 3 N–H and O–H groups in total. The van der Waals surface area contributed by atoms with E-state index in [-0.39, 0.29) is 11.6 Å². The van der Waals surface area contributed by atoms with E-state index in [1.54, 1.807) is 37.3 Å². The van der Waals surface area contributed by atoms with Crippen molar-refractivity contribution in [2.75, 3.05) is 11.2 Å². The Kier molecular flexibility index (Phi) is 5.43. The van der Waals surface area contributed by atoms with E-state index in [4.69, 9.17) is 17.4 Å². The van der Waals surface area contributed by atoms with Gasteiger partial charge < -0.3 is 11.2 Å². The quantitative estimate of drug-likeness (QED) is 0.513. The molecule has 0 saturated heterocycles. The maximum Gasteiger partial charge on any atom is 0.237 e. The number of hydrogen-bond acceptors (Lipinski definition) is 5. The van der Waals surface area contributed by atoms with E-state index < -0.39 is 11.1 Å². The zero-order chi connectivity index (χ0) is 18.7. The number of benzene rings is 2. The van der Waals surface area contributed by atoms with E-state index in [2.05, 4.69) is 15.5 Å². The van der Waals surface area contributed by atoms with Crippen LogP contribution in [0.1, 0.15) is 6.92 Å². The average Bonchev–Trinajstić information content (AvgIpc) is 2.97. The van der Waals surface area contributed by atoms with Crippen LogP contribution in [-0.4, -0.2) is 26.0 Å². The molecule has 0 saturated carbocycles. The number of nitrogen functional groups attached to an aromatic ring is 1. The molecule has 1 atom stereocenters. The molecule has 1 amide bonds. The average molecular weight is 392 g/mol. The SMILES string of the molecule is C[C@@H](Sc1nnc(-c2cccc(Cl)c2)n1N)C(=O)Nc1ccccc1F. The molecule has 0 spiro atoms. The molecule has 0 aliphatic heterocycles. The van der Waals surface area contributed by atoms with Crippen LogP contribution in [0.4, 0.5) is 10.1 Å². The number of rotatable bonds is 5. The molecule has 0 bridgehead atoms. The Balaban J connectivity index is 1.73. The molecule has 0 aliphatic rings. The van der Waals surface area contributed by atoms with Gasteiger partial charge in [0.25, 0.3) is 0 Å². The van der Waals surface area contributed by atoms with Gasteiger partial charge in [0, 0.05) is 10.6 Å². The summed E-state index contributed by atoms with van der Waals surface area (Å²) in [4.78, 5) is 12.3. The lowest BCUT2D eigenvalue weighted by Crippen LogP contribution is -2.24. The molecule has 26 heavy (non-hydrogen) atoms. The first kappa shape index (κ1) is 18.2. The van der Waals surface area contributed by atoms with Gasteiger partial charge in [-0.1, -0.05) is 47.6 Å². The van der Waals surface area contributed by atoms with E-state index in [1.165, 1.54) is 16.8 Å². The normalized spacial score (nSPS) is 12.0. The number of aromatic nitrogens is 3. The third kappa shape index (κ3) is 3.97. The molecule has 0 unspecified atom stereocenters. The summed E-state index contributed by atoms with van der Waals surface area (Å²) in [7, 11) is 0. The van der Waals surface area contributed by atoms with E-state index in [0.29, 0.717) is 21.6 Å². The van der Waals surface area contributed by atoms with E-state index >= 15 is 0 Å². The van der Waals surface area contributed by atoms with Gasteiger partial charge in [0.1, 0.15) is 5.82 Å². The van der Waals surface area contributed by atoms with Crippen molar-refractivity contribution in [3.8, 4) is 11.4 Å². The highest BCUT2D eigenvalue weighted by atomic mass is 35.5. The van der Waals surface area contributed by atoms with Crippen LogP contribution in [-0.2, 0) is 4.79 Å².